The molecule has 0 atom stereocenters. The quantitative estimate of drug-likeness (QED) is 0.139. The van der Waals surface area contributed by atoms with Crippen LogP contribution >= 0.6 is 23.4 Å². The van der Waals surface area contributed by atoms with Gasteiger partial charge in [-0.25, -0.2) is 9.97 Å². The molecule has 3 aromatic carbocycles. The highest BCUT2D eigenvalue weighted by Crippen LogP contribution is 2.32. The van der Waals surface area contributed by atoms with Crippen molar-refractivity contribution in [2.45, 2.75) is 23.6 Å². The molecule has 0 saturated carbocycles. The highest BCUT2D eigenvalue weighted by molar-refractivity contribution is 7.98. The molecular formula is C30H27ClF3N5OS. The molecule has 0 radical (unpaired) electrons. The van der Waals surface area contributed by atoms with Crippen LogP contribution < -0.4 is 15.1 Å². The zero-order valence-electron chi connectivity index (χ0n) is 21.9. The van der Waals surface area contributed by atoms with Crippen molar-refractivity contribution in [3.63, 3.8) is 0 Å². The molecule has 0 aliphatic carbocycles. The number of carbonyl (C=O) groups is 1. The molecule has 0 spiro atoms. The summed E-state index contributed by atoms with van der Waals surface area (Å²) < 4.78 is 39.4. The van der Waals surface area contributed by atoms with Gasteiger partial charge in [-0.3, -0.25) is 4.79 Å². The Hall–Kier alpha value is -3.76. The van der Waals surface area contributed by atoms with Crippen molar-refractivity contribution in [1.82, 2.24) is 15.3 Å². The fourth-order valence-electron chi connectivity index (χ4n) is 4.47. The van der Waals surface area contributed by atoms with Crippen LogP contribution in [0.1, 0.15) is 27.0 Å². The maximum atomic E-state index is 13.1. The summed E-state index contributed by atoms with van der Waals surface area (Å²) in [6.07, 6.45) is -4.37. The van der Waals surface area contributed by atoms with Gasteiger partial charge in [0.05, 0.1) is 5.56 Å². The van der Waals surface area contributed by atoms with Crippen molar-refractivity contribution in [2.75, 3.05) is 36.0 Å². The maximum Gasteiger partial charge on any atom is 0.416 e. The minimum absolute atomic E-state index is 0.135. The number of carbonyl (C=O) groups excluding carboxylic acids is 1. The number of rotatable bonds is 8. The molecule has 0 unspecified atom stereocenters. The van der Waals surface area contributed by atoms with Gasteiger partial charge in [-0.1, -0.05) is 71.9 Å². The number of hydrogen-bond acceptors (Lipinski definition) is 6. The maximum absolute atomic E-state index is 13.1. The molecule has 41 heavy (non-hydrogen) atoms. The monoisotopic (exact) mass is 597 g/mol. The Morgan fingerprint density at radius 2 is 1.56 bits per heavy atom. The first kappa shape index (κ1) is 28.8. The van der Waals surface area contributed by atoms with Crippen molar-refractivity contribution < 1.29 is 18.0 Å². The minimum Gasteiger partial charge on any atom is -0.368 e. The highest BCUT2D eigenvalue weighted by atomic mass is 35.5. The number of halogens is 4. The lowest BCUT2D eigenvalue weighted by Gasteiger charge is -2.37. The van der Waals surface area contributed by atoms with E-state index in [4.69, 9.17) is 11.6 Å². The number of alkyl halides is 3. The molecule has 4 aromatic rings. The third kappa shape index (κ3) is 7.71. The van der Waals surface area contributed by atoms with Gasteiger partial charge in [-0.05, 0) is 41.5 Å². The van der Waals surface area contributed by atoms with Crippen molar-refractivity contribution in [3.8, 4) is 0 Å². The molecule has 1 fully saturated rings. The molecule has 1 aliphatic heterocycles. The number of thioether (sulfide) groups is 1. The Balaban J connectivity index is 1.15. The van der Waals surface area contributed by atoms with Crippen LogP contribution in [-0.2, 0) is 18.5 Å². The van der Waals surface area contributed by atoms with Gasteiger partial charge in [0.15, 0.2) is 5.16 Å². The summed E-state index contributed by atoms with van der Waals surface area (Å²) in [6, 6.07) is 24.2. The second-order valence-electron chi connectivity index (χ2n) is 9.51. The van der Waals surface area contributed by atoms with Gasteiger partial charge in [0.1, 0.15) is 11.0 Å². The summed E-state index contributed by atoms with van der Waals surface area (Å²) in [5.41, 5.74) is 2.53. The van der Waals surface area contributed by atoms with E-state index in [0.29, 0.717) is 65.9 Å². The fraction of sp³-hybridized carbons (Fsp3) is 0.233. The largest absolute Gasteiger partial charge is 0.416 e. The summed E-state index contributed by atoms with van der Waals surface area (Å²) >= 11 is 7.75. The van der Waals surface area contributed by atoms with Crippen LogP contribution in [0.25, 0.3) is 0 Å². The molecule has 1 aromatic heterocycles. The lowest BCUT2D eigenvalue weighted by Crippen LogP contribution is -2.47. The molecule has 1 N–H and O–H groups in total. The fourth-order valence-corrected chi connectivity index (χ4v) is 5.50. The molecule has 1 amide bonds. The van der Waals surface area contributed by atoms with Crippen LogP contribution in [0.4, 0.5) is 24.7 Å². The zero-order valence-corrected chi connectivity index (χ0v) is 23.5. The Labute approximate surface area is 245 Å². The number of nitrogens with zero attached hydrogens (tertiary/aromatic N) is 4. The van der Waals surface area contributed by atoms with E-state index in [1.54, 1.807) is 24.3 Å². The third-order valence-corrected chi connectivity index (χ3v) is 7.80. The SMILES string of the molecule is O=C(NCc1ccccc1)c1ccc(CSc2nc(Cl)cc(N3CCN(c4cccc(C(F)(F)F)c4)CC3)n2)cc1. The van der Waals surface area contributed by atoms with E-state index in [1.165, 1.54) is 23.9 Å². The van der Waals surface area contributed by atoms with E-state index in [0.717, 1.165) is 17.2 Å². The summed E-state index contributed by atoms with van der Waals surface area (Å²) in [7, 11) is 0. The van der Waals surface area contributed by atoms with Crippen molar-refractivity contribution in [2.24, 2.45) is 0 Å². The van der Waals surface area contributed by atoms with Crippen molar-refractivity contribution in [1.29, 1.82) is 0 Å². The third-order valence-electron chi connectivity index (χ3n) is 6.68. The summed E-state index contributed by atoms with van der Waals surface area (Å²) in [5, 5.41) is 3.77. The molecule has 1 aliphatic rings. The van der Waals surface area contributed by atoms with Crippen molar-refractivity contribution in [3.05, 3.63) is 112 Å². The minimum atomic E-state index is -4.37. The number of nitrogens with one attached hydrogen (secondary N) is 1. The lowest BCUT2D eigenvalue weighted by molar-refractivity contribution is -0.137. The lowest BCUT2D eigenvalue weighted by atomic mass is 10.1. The van der Waals surface area contributed by atoms with E-state index >= 15 is 0 Å². The average molecular weight is 598 g/mol. The first-order valence-electron chi connectivity index (χ1n) is 13.0. The predicted molar refractivity (Wildman–Crippen MR) is 157 cm³/mol. The topological polar surface area (TPSA) is 61.4 Å². The summed E-state index contributed by atoms with van der Waals surface area (Å²) in [4.78, 5) is 25.5. The van der Waals surface area contributed by atoms with Gasteiger partial charge in [0.2, 0.25) is 0 Å². The molecular weight excluding hydrogens is 571 g/mol. The molecule has 212 valence electrons. The number of amides is 1. The highest BCUT2D eigenvalue weighted by Gasteiger charge is 2.31. The van der Waals surface area contributed by atoms with Crippen LogP contribution in [0.2, 0.25) is 5.15 Å². The summed E-state index contributed by atoms with van der Waals surface area (Å²) in [6.45, 7) is 2.74. The van der Waals surface area contributed by atoms with Gasteiger partial charge in [-0.15, -0.1) is 0 Å². The first-order valence-corrected chi connectivity index (χ1v) is 14.4. The van der Waals surface area contributed by atoms with Gasteiger partial charge < -0.3 is 15.1 Å². The van der Waals surface area contributed by atoms with E-state index in [1.807, 2.05) is 47.4 Å². The van der Waals surface area contributed by atoms with E-state index in [2.05, 4.69) is 20.2 Å². The molecule has 6 nitrogen and oxygen atoms in total. The standard InChI is InChI=1S/C30H27ClF3N5OS/c31-26-18-27(39-15-13-38(14-16-39)25-8-4-7-24(17-25)30(32,33)34)37-29(36-26)41-20-22-9-11-23(12-10-22)28(40)35-19-21-5-2-1-3-6-21/h1-12,17-18H,13-16,19-20H2,(H,35,40). The van der Waals surface area contributed by atoms with E-state index in [-0.39, 0.29) is 5.91 Å². The first-order chi connectivity index (χ1) is 19.7. The molecule has 5 rings (SSSR count). The Morgan fingerprint density at radius 3 is 2.27 bits per heavy atom. The smallest absolute Gasteiger partial charge is 0.368 e. The van der Waals surface area contributed by atoms with Gasteiger partial charge >= 0.3 is 6.18 Å². The van der Waals surface area contributed by atoms with Crippen molar-refractivity contribution >= 4 is 40.8 Å². The predicted octanol–water partition coefficient (Wildman–Crippen LogP) is 6.70. The number of piperazine rings is 1. The van der Waals surface area contributed by atoms with Gasteiger partial charge in [0.25, 0.3) is 5.91 Å². The number of anilines is 2. The number of hydrogen-bond donors (Lipinski definition) is 1. The zero-order chi connectivity index (χ0) is 28.8. The Morgan fingerprint density at radius 1 is 0.854 bits per heavy atom. The van der Waals surface area contributed by atoms with E-state index < -0.39 is 11.7 Å². The van der Waals surface area contributed by atoms with Crippen LogP contribution in [0.15, 0.2) is 90.1 Å². The Bertz CT molecular complexity index is 1480. The van der Waals surface area contributed by atoms with Crippen LogP contribution in [-0.4, -0.2) is 42.1 Å². The normalized spacial score (nSPS) is 13.8. The second kappa shape index (κ2) is 12.8. The second-order valence-corrected chi connectivity index (χ2v) is 10.8. The van der Waals surface area contributed by atoms with Gasteiger partial charge in [-0.2, -0.15) is 13.2 Å². The van der Waals surface area contributed by atoms with Crippen LogP contribution in [0.3, 0.4) is 0 Å². The molecule has 1 saturated heterocycles. The molecule has 11 heteroatoms. The average Bonchev–Trinajstić information content (AvgIpc) is 2.99. The van der Waals surface area contributed by atoms with E-state index in [9.17, 15) is 18.0 Å². The molecule has 0 bridgehead atoms. The Kier molecular flexibility index (Phi) is 8.99. The van der Waals surface area contributed by atoms with Gasteiger partial charge in [0, 0.05) is 55.8 Å². The summed E-state index contributed by atoms with van der Waals surface area (Å²) in [5.74, 6) is 1.14. The number of benzene rings is 3. The number of aromatic nitrogens is 2. The van der Waals surface area contributed by atoms with Crippen LogP contribution in [0, 0.1) is 0 Å². The molecule has 2 heterocycles. The van der Waals surface area contributed by atoms with Crippen LogP contribution in [0.5, 0.6) is 0 Å².